The molecule has 2 aromatic carbocycles. The highest BCUT2D eigenvalue weighted by Crippen LogP contribution is 2.27. The first-order valence-corrected chi connectivity index (χ1v) is 10.4. The Morgan fingerprint density at radius 1 is 0.938 bits per heavy atom. The number of nitrogens with one attached hydrogen (secondary N) is 1. The van der Waals surface area contributed by atoms with Gasteiger partial charge in [0.15, 0.2) is 0 Å². The first-order chi connectivity index (χ1) is 15.6. The fourth-order valence-corrected chi connectivity index (χ4v) is 3.11. The molecule has 0 spiro atoms. The minimum atomic E-state index is 0.0361. The molecule has 0 aliphatic rings. The third-order valence-electron chi connectivity index (χ3n) is 4.92. The first kappa shape index (κ1) is 22.9. The lowest BCUT2D eigenvalue weighted by Crippen LogP contribution is -2.30. The summed E-state index contributed by atoms with van der Waals surface area (Å²) in [6.45, 7) is 5.84. The molecule has 0 saturated heterocycles. The van der Waals surface area contributed by atoms with Gasteiger partial charge in [-0.2, -0.15) is 9.97 Å². The van der Waals surface area contributed by atoms with Crippen LogP contribution in [0.1, 0.15) is 29.8 Å². The van der Waals surface area contributed by atoms with Gasteiger partial charge in [0, 0.05) is 36.4 Å². The van der Waals surface area contributed by atoms with E-state index in [-0.39, 0.29) is 11.9 Å². The average Bonchev–Trinajstić information content (AvgIpc) is 2.84. The van der Waals surface area contributed by atoms with E-state index in [1.54, 1.807) is 11.0 Å². The average molecular weight is 437 g/mol. The van der Waals surface area contributed by atoms with Crippen molar-refractivity contribution < 1.29 is 19.0 Å². The number of ether oxygens (including phenoxy) is 3. The van der Waals surface area contributed by atoms with Gasteiger partial charge in [-0.25, -0.2) is 0 Å². The summed E-state index contributed by atoms with van der Waals surface area (Å²) in [5.74, 6) is 1.35. The van der Waals surface area contributed by atoms with Crippen molar-refractivity contribution in [3.05, 3.63) is 65.7 Å². The number of methoxy groups -OCH3 is 2. The Morgan fingerprint density at radius 2 is 1.56 bits per heavy atom. The molecule has 168 valence electrons. The number of benzene rings is 2. The molecular formula is C24H28N4O4. The molecule has 0 aliphatic carbocycles. The van der Waals surface area contributed by atoms with Crippen LogP contribution in [0.2, 0.25) is 0 Å². The monoisotopic (exact) mass is 436 g/mol. The van der Waals surface area contributed by atoms with Crippen LogP contribution in [0.25, 0.3) is 0 Å². The molecule has 1 heterocycles. The van der Waals surface area contributed by atoms with E-state index in [1.807, 2.05) is 62.4 Å². The zero-order valence-corrected chi connectivity index (χ0v) is 18.8. The second kappa shape index (κ2) is 11.0. The van der Waals surface area contributed by atoms with Gasteiger partial charge in [-0.15, -0.1) is 0 Å². The van der Waals surface area contributed by atoms with Crippen LogP contribution < -0.4 is 19.5 Å². The molecular weight excluding hydrogens is 408 g/mol. The van der Waals surface area contributed by atoms with E-state index in [4.69, 9.17) is 14.2 Å². The quantitative estimate of drug-likeness (QED) is 0.505. The summed E-state index contributed by atoms with van der Waals surface area (Å²) >= 11 is 0. The predicted octanol–water partition coefficient (Wildman–Crippen LogP) is 4.38. The molecule has 1 amide bonds. The van der Waals surface area contributed by atoms with Gasteiger partial charge in [0.1, 0.15) is 5.75 Å². The van der Waals surface area contributed by atoms with E-state index in [0.29, 0.717) is 42.7 Å². The molecule has 1 N–H and O–H groups in total. The summed E-state index contributed by atoms with van der Waals surface area (Å²) in [5.41, 5.74) is 2.49. The third kappa shape index (κ3) is 5.66. The Balaban J connectivity index is 1.70. The van der Waals surface area contributed by atoms with Crippen molar-refractivity contribution in [3.8, 4) is 23.5 Å². The van der Waals surface area contributed by atoms with Gasteiger partial charge in [-0.1, -0.05) is 18.2 Å². The second-order valence-electron chi connectivity index (χ2n) is 6.85. The van der Waals surface area contributed by atoms with Crippen LogP contribution in [-0.4, -0.2) is 48.1 Å². The van der Waals surface area contributed by atoms with Crippen molar-refractivity contribution in [2.45, 2.75) is 20.4 Å². The number of carbonyl (C=O) groups is 1. The van der Waals surface area contributed by atoms with Crippen molar-refractivity contribution >= 4 is 11.6 Å². The summed E-state index contributed by atoms with van der Waals surface area (Å²) in [6, 6.07) is 16.8. The van der Waals surface area contributed by atoms with E-state index in [9.17, 15) is 4.79 Å². The topological polar surface area (TPSA) is 85.8 Å². The fraction of sp³-hybridized carbons (Fsp3) is 0.292. The molecule has 8 heteroatoms. The number of nitrogens with zero attached hydrogens (tertiary/aromatic N) is 3. The summed E-state index contributed by atoms with van der Waals surface area (Å²) in [7, 11) is 3.04. The predicted molar refractivity (Wildman–Crippen MR) is 123 cm³/mol. The highest BCUT2D eigenvalue weighted by molar-refractivity contribution is 5.94. The van der Waals surface area contributed by atoms with E-state index in [0.717, 1.165) is 11.3 Å². The van der Waals surface area contributed by atoms with Gasteiger partial charge in [0.05, 0.1) is 20.3 Å². The number of aromatic nitrogens is 2. The lowest BCUT2D eigenvalue weighted by molar-refractivity contribution is 0.0773. The molecule has 0 radical (unpaired) electrons. The molecule has 0 bridgehead atoms. The van der Waals surface area contributed by atoms with Gasteiger partial charge in [0.25, 0.3) is 5.91 Å². The van der Waals surface area contributed by atoms with Crippen LogP contribution in [0.5, 0.6) is 23.5 Å². The molecule has 0 atom stereocenters. The van der Waals surface area contributed by atoms with Gasteiger partial charge in [0.2, 0.25) is 11.8 Å². The molecule has 1 aromatic heterocycles. The van der Waals surface area contributed by atoms with Crippen molar-refractivity contribution in [1.82, 2.24) is 14.9 Å². The second-order valence-corrected chi connectivity index (χ2v) is 6.85. The maximum Gasteiger partial charge on any atom is 0.328 e. The number of para-hydroxylation sites is 1. The number of anilines is 1. The molecule has 0 fully saturated rings. The first-order valence-electron chi connectivity index (χ1n) is 10.4. The van der Waals surface area contributed by atoms with Gasteiger partial charge in [-0.05, 0) is 44.2 Å². The van der Waals surface area contributed by atoms with Crippen molar-refractivity contribution in [2.24, 2.45) is 0 Å². The molecule has 3 aromatic rings. The van der Waals surface area contributed by atoms with Crippen LogP contribution in [0.15, 0.2) is 54.6 Å². The Kier molecular flexibility index (Phi) is 7.85. The highest BCUT2D eigenvalue weighted by atomic mass is 16.5. The van der Waals surface area contributed by atoms with Crippen LogP contribution in [-0.2, 0) is 6.54 Å². The van der Waals surface area contributed by atoms with Crippen LogP contribution in [0.3, 0.4) is 0 Å². The summed E-state index contributed by atoms with van der Waals surface area (Å²) in [4.78, 5) is 22.7. The Labute approximate surface area is 188 Å². The molecule has 32 heavy (non-hydrogen) atoms. The zero-order chi connectivity index (χ0) is 22.9. The van der Waals surface area contributed by atoms with Crippen LogP contribution in [0, 0.1) is 0 Å². The molecule has 0 unspecified atom stereocenters. The molecule has 8 nitrogen and oxygen atoms in total. The molecule has 0 aliphatic heterocycles. The largest absolute Gasteiger partial charge is 0.481 e. The summed E-state index contributed by atoms with van der Waals surface area (Å²) < 4.78 is 16.3. The fourth-order valence-electron chi connectivity index (χ4n) is 3.11. The van der Waals surface area contributed by atoms with Crippen molar-refractivity contribution in [2.75, 3.05) is 32.6 Å². The number of hydrogen-bond donors (Lipinski definition) is 1. The normalized spacial score (nSPS) is 10.4. The van der Waals surface area contributed by atoms with E-state index >= 15 is 0 Å². The standard InChI is InChI=1S/C24H28N4O4/c1-5-28(6-2)23(29)17-11-13-19(14-12-17)25-16-18-9-7-8-10-20(18)32-24-26-21(30-3)15-22(27-24)31-4/h7-15,25H,5-6,16H2,1-4H3. The maximum atomic E-state index is 12.5. The van der Waals surface area contributed by atoms with Crippen LogP contribution >= 0.6 is 0 Å². The van der Waals surface area contributed by atoms with E-state index in [2.05, 4.69) is 15.3 Å². The lowest BCUT2D eigenvalue weighted by Gasteiger charge is -2.18. The minimum Gasteiger partial charge on any atom is -0.481 e. The smallest absolute Gasteiger partial charge is 0.328 e. The van der Waals surface area contributed by atoms with Gasteiger partial charge in [-0.3, -0.25) is 4.79 Å². The summed E-state index contributed by atoms with van der Waals surface area (Å²) in [5, 5.41) is 3.36. The Morgan fingerprint density at radius 3 is 2.16 bits per heavy atom. The third-order valence-corrected chi connectivity index (χ3v) is 4.92. The summed E-state index contributed by atoms with van der Waals surface area (Å²) in [6.07, 6.45) is 0. The number of amides is 1. The number of rotatable bonds is 10. The SMILES string of the molecule is CCN(CC)C(=O)c1ccc(NCc2ccccc2Oc2nc(OC)cc(OC)n2)cc1. The highest BCUT2D eigenvalue weighted by Gasteiger charge is 2.13. The number of carbonyl (C=O) groups excluding carboxylic acids is 1. The van der Waals surface area contributed by atoms with Gasteiger partial charge >= 0.3 is 6.01 Å². The van der Waals surface area contributed by atoms with E-state index in [1.165, 1.54) is 14.2 Å². The van der Waals surface area contributed by atoms with E-state index < -0.39 is 0 Å². The van der Waals surface area contributed by atoms with Crippen molar-refractivity contribution in [1.29, 1.82) is 0 Å². The maximum absolute atomic E-state index is 12.5. The molecule has 0 saturated carbocycles. The Hall–Kier alpha value is -3.81. The lowest BCUT2D eigenvalue weighted by atomic mass is 10.1. The zero-order valence-electron chi connectivity index (χ0n) is 18.8. The van der Waals surface area contributed by atoms with Crippen molar-refractivity contribution in [3.63, 3.8) is 0 Å². The van der Waals surface area contributed by atoms with Crippen LogP contribution in [0.4, 0.5) is 5.69 Å². The Bertz CT molecular complexity index is 1010. The minimum absolute atomic E-state index is 0.0361. The van der Waals surface area contributed by atoms with Gasteiger partial charge < -0.3 is 24.4 Å². The number of hydrogen-bond acceptors (Lipinski definition) is 7. The molecule has 3 rings (SSSR count).